The van der Waals surface area contributed by atoms with Crippen molar-refractivity contribution in [1.29, 1.82) is 0 Å². The minimum absolute atomic E-state index is 0.0125. The minimum atomic E-state index is -0.0125. The normalized spacial score (nSPS) is 13.9. The molecular formula is C25H26N2O3. The summed E-state index contributed by atoms with van der Waals surface area (Å²) < 4.78 is 5.91. The van der Waals surface area contributed by atoms with Gasteiger partial charge in [0, 0.05) is 32.6 Å². The Kier molecular flexibility index (Phi) is 6.18. The number of amides is 1. The summed E-state index contributed by atoms with van der Waals surface area (Å²) in [7, 11) is 0. The molecule has 3 aromatic rings. The van der Waals surface area contributed by atoms with E-state index in [2.05, 4.69) is 17.0 Å². The predicted octanol–water partition coefficient (Wildman–Crippen LogP) is 3.71. The maximum Gasteiger partial charge on any atom is 0.260 e. The molecule has 0 radical (unpaired) electrons. The van der Waals surface area contributed by atoms with Crippen LogP contribution in [0.2, 0.25) is 0 Å². The monoisotopic (exact) mass is 402 g/mol. The molecule has 0 bridgehead atoms. The zero-order chi connectivity index (χ0) is 20.8. The van der Waals surface area contributed by atoms with Gasteiger partial charge < -0.3 is 19.6 Å². The van der Waals surface area contributed by atoms with Gasteiger partial charge in [0.25, 0.3) is 5.91 Å². The second-order valence-corrected chi connectivity index (χ2v) is 7.42. The second-order valence-electron chi connectivity index (χ2n) is 7.42. The van der Waals surface area contributed by atoms with Crippen molar-refractivity contribution in [3.05, 3.63) is 90.0 Å². The maximum absolute atomic E-state index is 12.7. The highest BCUT2D eigenvalue weighted by molar-refractivity contribution is 5.78. The van der Waals surface area contributed by atoms with Crippen molar-refractivity contribution in [2.75, 3.05) is 37.7 Å². The van der Waals surface area contributed by atoms with Crippen molar-refractivity contribution < 1.29 is 14.6 Å². The molecule has 1 aliphatic heterocycles. The van der Waals surface area contributed by atoms with E-state index in [4.69, 9.17) is 4.74 Å². The first-order valence-electron chi connectivity index (χ1n) is 10.3. The summed E-state index contributed by atoms with van der Waals surface area (Å²) >= 11 is 0. The van der Waals surface area contributed by atoms with Gasteiger partial charge in [0.05, 0.1) is 5.69 Å². The predicted molar refractivity (Wildman–Crippen MR) is 118 cm³/mol. The second kappa shape index (κ2) is 9.35. The number of ether oxygens (including phenoxy) is 1. The quantitative estimate of drug-likeness (QED) is 0.683. The van der Waals surface area contributed by atoms with Gasteiger partial charge in [-0.2, -0.15) is 0 Å². The highest BCUT2D eigenvalue weighted by atomic mass is 16.5. The van der Waals surface area contributed by atoms with Gasteiger partial charge in [0.2, 0.25) is 0 Å². The highest BCUT2D eigenvalue weighted by Crippen LogP contribution is 2.27. The molecule has 0 atom stereocenters. The van der Waals surface area contributed by atoms with E-state index in [1.165, 1.54) is 5.56 Å². The number of benzene rings is 3. The SMILES string of the molecule is O=C(COc1ccccc1Cc1ccccc1)N1CCN(c2ccccc2O)CC1. The Hall–Kier alpha value is -3.47. The highest BCUT2D eigenvalue weighted by Gasteiger charge is 2.23. The van der Waals surface area contributed by atoms with E-state index in [-0.39, 0.29) is 18.3 Å². The molecule has 0 aromatic heterocycles. The van der Waals surface area contributed by atoms with Crippen LogP contribution in [0.3, 0.4) is 0 Å². The summed E-state index contributed by atoms with van der Waals surface area (Å²) in [4.78, 5) is 16.6. The molecule has 5 nitrogen and oxygen atoms in total. The van der Waals surface area contributed by atoms with Gasteiger partial charge in [0.15, 0.2) is 6.61 Å². The first-order chi connectivity index (χ1) is 14.7. The van der Waals surface area contributed by atoms with E-state index in [0.717, 1.165) is 23.4 Å². The van der Waals surface area contributed by atoms with Crippen molar-refractivity contribution in [3.8, 4) is 11.5 Å². The smallest absolute Gasteiger partial charge is 0.260 e. The van der Waals surface area contributed by atoms with Crippen molar-refractivity contribution in [1.82, 2.24) is 4.90 Å². The van der Waals surface area contributed by atoms with Crippen LogP contribution in [-0.2, 0) is 11.2 Å². The number of rotatable bonds is 6. The van der Waals surface area contributed by atoms with E-state index in [1.807, 2.05) is 65.6 Å². The van der Waals surface area contributed by atoms with E-state index < -0.39 is 0 Å². The molecule has 30 heavy (non-hydrogen) atoms. The maximum atomic E-state index is 12.7. The molecule has 1 fully saturated rings. The molecule has 5 heteroatoms. The number of piperazine rings is 1. The van der Waals surface area contributed by atoms with Crippen LogP contribution in [0, 0.1) is 0 Å². The van der Waals surface area contributed by atoms with Crippen molar-refractivity contribution >= 4 is 11.6 Å². The summed E-state index contributed by atoms with van der Waals surface area (Å²) in [5.74, 6) is 1.01. The van der Waals surface area contributed by atoms with Gasteiger partial charge in [-0.3, -0.25) is 4.79 Å². The molecule has 3 aromatic carbocycles. The number of hydrogen-bond acceptors (Lipinski definition) is 4. The third-order valence-corrected chi connectivity index (χ3v) is 5.42. The molecule has 1 aliphatic rings. The third-order valence-electron chi connectivity index (χ3n) is 5.42. The van der Waals surface area contributed by atoms with Crippen LogP contribution in [0.15, 0.2) is 78.9 Å². The molecule has 4 rings (SSSR count). The molecule has 0 unspecified atom stereocenters. The van der Waals surface area contributed by atoms with Crippen molar-refractivity contribution in [3.63, 3.8) is 0 Å². The van der Waals surface area contributed by atoms with Crippen molar-refractivity contribution in [2.24, 2.45) is 0 Å². The van der Waals surface area contributed by atoms with Gasteiger partial charge in [0.1, 0.15) is 11.5 Å². The Morgan fingerprint density at radius 3 is 2.27 bits per heavy atom. The first kappa shape index (κ1) is 19.8. The van der Waals surface area contributed by atoms with Crippen molar-refractivity contribution in [2.45, 2.75) is 6.42 Å². The van der Waals surface area contributed by atoms with Crippen LogP contribution in [-0.4, -0.2) is 48.7 Å². The number of phenols is 1. The van der Waals surface area contributed by atoms with Gasteiger partial charge in [-0.15, -0.1) is 0 Å². The fraction of sp³-hybridized carbons (Fsp3) is 0.240. The number of anilines is 1. The molecule has 1 heterocycles. The lowest BCUT2D eigenvalue weighted by Crippen LogP contribution is -2.50. The van der Waals surface area contributed by atoms with Gasteiger partial charge >= 0.3 is 0 Å². The summed E-state index contributed by atoms with van der Waals surface area (Å²) in [6, 6.07) is 25.4. The summed E-state index contributed by atoms with van der Waals surface area (Å²) in [6.07, 6.45) is 0.768. The lowest BCUT2D eigenvalue weighted by atomic mass is 10.0. The minimum Gasteiger partial charge on any atom is -0.506 e. The van der Waals surface area contributed by atoms with Crippen LogP contribution < -0.4 is 9.64 Å². The Bertz CT molecular complexity index is 982. The zero-order valence-corrected chi connectivity index (χ0v) is 16.9. The zero-order valence-electron chi connectivity index (χ0n) is 16.9. The molecule has 1 N–H and O–H groups in total. The summed E-state index contributed by atoms with van der Waals surface area (Å²) in [5, 5.41) is 10.0. The lowest BCUT2D eigenvalue weighted by Gasteiger charge is -2.36. The fourth-order valence-electron chi connectivity index (χ4n) is 3.77. The fourth-order valence-corrected chi connectivity index (χ4v) is 3.77. The molecular weight excluding hydrogens is 376 g/mol. The standard InChI is InChI=1S/C25H26N2O3/c28-23-12-6-5-11-22(23)26-14-16-27(17-15-26)25(29)19-30-24-13-7-4-10-21(24)18-20-8-2-1-3-9-20/h1-13,28H,14-19H2. The number of aromatic hydroxyl groups is 1. The Morgan fingerprint density at radius 2 is 1.50 bits per heavy atom. The summed E-state index contributed by atoms with van der Waals surface area (Å²) in [6.45, 7) is 2.63. The topological polar surface area (TPSA) is 53.0 Å². The average molecular weight is 402 g/mol. The number of nitrogens with zero attached hydrogens (tertiary/aromatic N) is 2. The van der Waals surface area contributed by atoms with Crippen LogP contribution in [0.25, 0.3) is 0 Å². The average Bonchev–Trinajstić information content (AvgIpc) is 2.79. The molecule has 1 amide bonds. The molecule has 0 aliphatic carbocycles. The van der Waals surface area contributed by atoms with E-state index in [1.54, 1.807) is 6.07 Å². The molecule has 0 saturated carbocycles. The van der Waals surface area contributed by atoms with Crippen LogP contribution in [0.1, 0.15) is 11.1 Å². The van der Waals surface area contributed by atoms with Gasteiger partial charge in [-0.05, 0) is 29.3 Å². The number of carbonyl (C=O) groups excluding carboxylic acids is 1. The molecule has 0 spiro atoms. The first-order valence-corrected chi connectivity index (χ1v) is 10.3. The Morgan fingerprint density at radius 1 is 0.833 bits per heavy atom. The van der Waals surface area contributed by atoms with Gasteiger partial charge in [-0.1, -0.05) is 60.7 Å². The Balaban J connectivity index is 1.32. The molecule has 1 saturated heterocycles. The molecule has 154 valence electrons. The number of carbonyl (C=O) groups is 1. The van der Waals surface area contributed by atoms with E-state index in [0.29, 0.717) is 26.2 Å². The van der Waals surface area contributed by atoms with Crippen LogP contribution in [0.5, 0.6) is 11.5 Å². The number of para-hydroxylation sites is 3. The largest absolute Gasteiger partial charge is 0.506 e. The van der Waals surface area contributed by atoms with Crippen LogP contribution in [0.4, 0.5) is 5.69 Å². The van der Waals surface area contributed by atoms with E-state index >= 15 is 0 Å². The van der Waals surface area contributed by atoms with E-state index in [9.17, 15) is 9.90 Å². The number of hydrogen-bond donors (Lipinski definition) is 1. The van der Waals surface area contributed by atoms with Crippen LogP contribution >= 0.6 is 0 Å². The lowest BCUT2D eigenvalue weighted by molar-refractivity contribution is -0.133. The third kappa shape index (κ3) is 4.74. The Labute approximate surface area is 177 Å². The summed E-state index contributed by atoms with van der Waals surface area (Å²) in [5.41, 5.74) is 3.09. The van der Waals surface area contributed by atoms with Gasteiger partial charge in [-0.25, -0.2) is 0 Å². The number of phenolic OH excluding ortho intramolecular Hbond substituents is 1.